The maximum Gasteiger partial charge on any atom is 0.256 e. The van der Waals surface area contributed by atoms with E-state index < -0.39 is 16.8 Å². The maximum absolute atomic E-state index is 13.7. The molecular weight excluding hydrogens is 446 g/mol. The topological polar surface area (TPSA) is 78.5 Å². The van der Waals surface area contributed by atoms with Gasteiger partial charge in [-0.15, -0.1) is 11.8 Å². The second kappa shape index (κ2) is 9.45. The Hall–Kier alpha value is -2.80. The number of amides is 3. The molecule has 4 rings (SSSR count). The van der Waals surface area contributed by atoms with Crippen molar-refractivity contribution < 1.29 is 14.4 Å². The molecule has 0 spiro atoms. The monoisotopic (exact) mass is 479 g/mol. The van der Waals surface area contributed by atoms with Crippen molar-refractivity contribution >= 4 is 29.5 Å². The number of carbonyl (C=O) groups is 3. The number of nitrogens with zero attached hydrogens (tertiary/aromatic N) is 1. The number of fused-ring (bicyclic) bond motifs is 3. The minimum Gasteiger partial charge on any atom is -0.348 e. The van der Waals surface area contributed by atoms with Gasteiger partial charge in [0.25, 0.3) is 5.91 Å². The van der Waals surface area contributed by atoms with E-state index in [4.69, 9.17) is 0 Å². The van der Waals surface area contributed by atoms with Crippen LogP contribution in [0.25, 0.3) is 0 Å². The molecular formula is C27H33N3O3S. The molecule has 2 aliphatic rings. The van der Waals surface area contributed by atoms with Crippen molar-refractivity contribution in [1.82, 2.24) is 15.5 Å². The standard InChI is InChI=1S/C27H33N3O3S/c1-6-16(2)21(23(31)28-17(3)18-12-8-7-9-13-18)29-24(32)22-27(4,5)34-26-20-15-11-10-14-19(20)25(33)30(22)26/h7-17,21-22,26H,6H2,1-5H3,(H,28,31)(H,29,32)/t16-,17+,21+,22+,26-/m1/s1. The van der Waals surface area contributed by atoms with Gasteiger partial charge in [0, 0.05) is 10.3 Å². The third-order valence-corrected chi connectivity index (χ3v) is 8.53. The van der Waals surface area contributed by atoms with E-state index in [-0.39, 0.29) is 35.1 Å². The Morgan fingerprint density at radius 2 is 1.68 bits per heavy atom. The fraction of sp³-hybridized carbons (Fsp3) is 0.444. The fourth-order valence-corrected chi connectivity index (χ4v) is 6.46. The molecule has 180 valence electrons. The first kappa shape index (κ1) is 24.3. The van der Waals surface area contributed by atoms with Gasteiger partial charge in [-0.25, -0.2) is 0 Å². The predicted octanol–water partition coefficient (Wildman–Crippen LogP) is 4.44. The average Bonchev–Trinajstić information content (AvgIpc) is 3.26. The lowest BCUT2D eigenvalue weighted by Crippen LogP contribution is -2.58. The average molecular weight is 480 g/mol. The molecule has 3 amide bonds. The van der Waals surface area contributed by atoms with E-state index in [9.17, 15) is 14.4 Å². The van der Waals surface area contributed by atoms with Crippen LogP contribution in [0.5, 0.6) is 0 Å². The van der Waals surface area contributed by atoms with E-state index in [1.807, 2.05) is 89.2 Å². The Morgan fingerprint density at radius 1 is 1.03 bits per heavy atom. The van der Waals surface area contributed by atoms with E-state index in [0.717, 1.165) is 17.5 Å². The summed E-state index contributed by atoms with van der Waals surface area (Å²) in [4.78, 5) is 41.9. The molecule has 0 bridgehead atoms. The van der Waals surface area contributed by atoms with Crippen molar-refractivity contribution in [3.63, 3.8) is 0 Å². The highest BCUT2D eigenvalue weighted by Gasteiger charge is 2.57. The van der Waals surface area contributed by atoms with Crippen molar-refractivity contribution in [3.05, 3.63) is 71.3 Å². The Labute approximate surface area is 205 Å². The lowest BCUT2D eigenvalue weighted by molar-refractivity contribution is -0.133. The number of thioether (sulfide) groups is 1. The summed E-state index contributed by atoms with van der Waals surface area (Å²) in [5.74, 6) is -0.684. The van der Waals surface area contributed by atoms with Crippen molar-refractivity contribution in [2.45, 2.75) is 69.3 Å². The van der Waals surface area contributed by atoms with Gasteiger partial charge in [0.05, 0.1) is 6.04 Å². The molecule has 2 aliphatic heterocycles. The van der Waals surface area contributed by atoms with Gasteiger partial charge in [0.2, 0.25) is 11.8 Å². The first-order chi connectivity index (χ1) is 16.2. The molecule has 7 heteroatoms. The summed E-state index contributed by atoms with van der Waals surface area (Å²) < 4.78 is -0.494. The lowest BCUT2D eigenvalue weighted by atomic mass is 9.95. The molecule has 2 heterocycles. The largest absolute Gasteiger partial charge is 0.348 e. The molecule has 1 saturated heterocycles. The van der Waals surface area contributed by atoms with Crippen LogP contribution >= 0.6 is 11.8 Å². The zero-order valence-corrected chi connectivity index (χ0v) is 21.2. The minimum absolute atomic E-state index is 0.0636. The van der Waals surface area contributed by atoms with Crippen LogP contribution in [-0.2, 0) is 9.59 Å². The minimum atomic E-state index is -0.691. The lowest BCUT2D eigenvalue weighted by Gasteiger charge is -2.32. The third kappa shape index (κ3) is 4.33. The third-order valence-electron chi connectivity index (χ3n) is 7.00. The van der Waals surface area contributed by atoms with E-state index >= 15 is 0 Å². The van der Waals surface area contributed by atoms with Crippen molar-refractivity contribution in [2.75, 3.05) is 0 Å². The molecule has 0 aliphatic carbocycles. The van der Waals surface area contributed by atoms with Crippen LogP contribution in [0, 0.1) is 5.92 Å². The molecule has 34 heavy (non-hydrogen) atoms. The maximum atomic E-state index is 13.7. The summed E-state index contributed by atoms with van der Waals surface area (Å²) in [7, 11) is 0. The van der Waals surface area contributed by atoms with E-state index in [2.05, 4.69) is 10.6 Å². The number of carbonyl (C=O) groups excluding carboxylic acids is 3. The Balaban J connectivity index is 1.55. The summed E-state index contributed by atoms with van der Waals surface area (Å²) in [5.41, 5.74) is 2.61. The summed E-state index contributed by atoms with van der Waals surface area (Å²) in [6.45, 7) is 9.89. The molecule has 0 aromatic heterocycles. The van der Waals surface area contributed by atoms with Gasteiger partial charge < -0.3 is 15.5 Å². The predicted molar refractivity (Wildman–Crippen MR) is 135 cm³/mol. The molecule has 0 saturated carbocycles. The summed E-state index contributed by atoms with van der Waals surface area (Å²) in [6.07, 6.45) is 0.734. The van der Waals surface area contributed by atoms with Crippen molar-refractivity contribution in [3.8, 4) is 0 Å². The molecule has 0 unspecified atom stereocenters. The quantitative estimate of drug-likeness (QED) is 0.615. The number of hydrogen-bond acceptors (Lipinski definition) is 4. The zero-order valence-electron chi connectivity index (χ0n) is 20.4. The smallest absolute Gasteiger partial charge is 0.256 e. The fourth-order valence-electron chi connectivity index (χ4n) is 4.87. The molecule has 2 aromatic rings. The molecule has 2 N–H and O–H groups in total. The van der Waals surface area contributed by atoms with Gasteiger partial charge in [0.1, 0.15) is 17.5 Å². The second-order valence-electron chi connectivity index (χ2n) is 9.79. The van der Waals surface area contributed by atoms with Crippen LogP contribution in [-0.4, -0.2) is 39.5 Å². The number of nitrogens with one attached hydrogen (secondary N) is 2. The van der Waals surface area contributed by atoms with Gasteiger partial charge in [-0.05, 0) is 43.9 Å². The first-order valence-electron chi connectivity index (χ1n) is 11.9. The van der Waals surface area contributed by atoms with Gasteiger partial charge >= 0.3 is 0 Å². The highest BCUT2D eigenvalue weighted by atomic mass is 32.2. The molecule has 2 aromatic carbocycles. The summed E-state index contributed by atoms with van der Waals surface area (Å²) in [6, 6.07) is 15.8. The van der Waals surface area contributed by atoms with Gasteiger partial charge in [-0.2, -0.15) is 0 Å². The Kier molecular flexibility index (Phi) is 6.76. The Bertz CT molecular complexity index is 1090. The summed E-state index contributed by atoms with van der Waals surface area (Å²) in [5, 5.41) is 5.89. The highest BCUT2D eigenvalue weighted by molar-refractivity contribution is 8.01. The van der Waals surface area contributed by atoms with Gasteiger partial charge in [0.15, 0.2) is 0 Å². The van der Waals surface area contributed by atoms with Crippen molar-refractivity contribution in [2.24, 2.45) is 5.92 Å². The normalized spacial score (nSPS) is 23.0. The first-order valence-corrected chi connectivity index (χ1v) is 12.8. The Morgan fingerprint density at radius 3 is 2.35 bits per heavy atom. The molecule has 6 nitrogen and oxygen atoms in total. The van der Waals surface area contributed by atoms with Crippen LogP contribution in [0.3, 0.4) is 0 Å². The van der Waals surface area contributed by atoms with E-state index in [1.54, 1.807) is 16.7 Å². The SMILES string of the molecule is CC[C@@H](C)[C@H](NC(=O)[C@@H]1N2C(=O)c3ccccc3[C@H]2SC1(C)C)C(=O)N[C@@H](C)c1ccccc1. The number of hydrogen-bond donors (Lipinski definition) is 2. The van der Waals surface area contributed by atoms with Crippen LogP contribution in [0.4, 0.5) is 0 Å². The number of rotatable bonds is 7. The van der Waals surface area contributed by atoms with Gasteiger partial charge in [-0.3, -0.25) is 14.4 Å². The number of benzene rings is 2. The van der Waals surface area contributed by atoms with Crippen LogP contribution < -0.4 is 10.6 Å². The van der Waals surface area contributed by atoms with Crippen LogP contribution in [0.1, 0.15) is 73.9 Å². The van der Waals surface area contributed by atoms with E-state index in [0.29, 0.717) is 5.56 Å². The highest BCUT2D eigenvalue weighted by Crippen LogP contribution is 2.56. The van der Waals surface area contributed by atoms with Crippen LogP contribution in [0.15, 0.2) is 54.6 Å². The van der Waals surface area contributed by atoms with Crippen molar-refractivity contribution in [1.29, 1.82) is 0 Å². The molecule has 0 radical (unpaired) electrons. The molecule has 1 fully saturated rings. The van der Waals surface area contributed by atoms with Gasteiger partial charge in [-0.1, -0.05) is 68.8 Å². The second-order valence-corrected chi connectivity index (χ2v) is 11.5. The summed E-state index contributed by atoms with van der Waals surface area (Å²) >= 11 is 1.62. The molecule has 5 atom stereocenters. The van der Waals surface area contributed by atoms with Crippen LogP contribution in [0.2, 0.25) is 0 Å². The van der Waals surface area contributed by atoms with E-state index in [1.165, 1.54) is 0 Å². The zero-order chi connectivity index (χ0) is 24.6.